The van der Waals surface area contributed by atoms with Crippen molar-refractivity contribution in [1.82, 2.24) is 0 Å². The van der Waals surface area contributed by atoms with Crippen molar-refractivity contribution in [1.29, 1.82) is 0 Å². The fourth-order valence-corrected chi connectivity index (χ4v) is 6.63. The minimum absolute atomic E-state index is 0.0430. The highest BCUT2D eigenvalue weighted by atomic mass is 28.4. The van der Waals surface area contributed by atoms with Crippen molar-refractivity contribution < 1.29 is 28.3 Å². The Morgan fingerprint density at radius 1 is 0.604 bits per heavy atom. The van der Waals surface area contributed by atoms with E-state index in [0.717, 1.165) is 46.2 Å². The van der Waals surface area contributed by atoms with Crippen molar-refractivity contribution in [2.24, 2.45) is 0 Å². The molecule has 0 aromatic heterocycles. The molecule has 292 valence electrons. The zero-order valence-corrected chi connectivity index (χ0v) is 37.5. The zero-order chi connectivity index (χ0) is 40.9. The Balaban J connectivity index is 0.000000407. The molecule has 0 aliphatic carbocycles. The van der Waals surface area contributed by atoms with Gasteiger partial charge in [-0.25, -0.2) is 0 Å². The lowest BCUT2D eigenvalue weighted by Crippen LogP contribution is -2.40. The van der Waals surface area contributed by atoms with Crippen molar-refractivity contribution in [2.75, 3.05) is 0 Å². The highest BCUT2D eigenvalue weighted by molar-refractivity contribution is 6.74. The van der Waals surface area contributed by atoms with Crippen molar-refractivity contribution >= 4 is 40.1 Å². The average Bonchev–Trinajstić information content (AvgIpc) is 3.08. The first-order valence-electron chi connectivity index (χ1n) is 18.8. The Bertz CT molecular complexity index is 1710. The molecule has 3 rings (SSSR count). The number of aliphatic hydroxyl groups is 1. The molecule has 0 atom stereocenters. The van der Waals surface area contributed by atoms with Gasteiger partial charge in [-0.05, 0) is 121 Å². The van der Waals surface area contributed by atoms with Crippen LogP contribution in [0.1, 0.15) is 141 Å². The van der Waals surface area contributed by atoms with Gasteiger partial charge in [-0.1, -0.05) is 104 Å². The molecule has 0 unspecified atom stereocenters. The van der Waals surface area contributed by atoms with Crippen LogP contribution in [0.4, 0.5) is 0 Å². The number of carbonyl (C=O) groups is 3. The number of hydrogen-bond acceptors (Lipinski definition) is 6. The minimum Gasteiger partial charge on any atom is -0.413 e. The normalized spacial score (nSPS) is 11.8. The van der Waals surface area contributed by atoms with Crippen molar-refractivity contribution in [3.63, 3.8) is 0 Å². The molecule has 3 aromatic rings. The Labute approximate surface area is 323 Å². The second kappa shape index (κ2) is 20.4. The van der Waals surface area contributed by atoms with E-state index < -0.39 is 16.6 Å². The standard InChI is InChI=1S/C17H28O2Si.C17H26O2Si.C11H14O2/c2*1-8-14-11-15(13(2)18)9-10-16(14)12-19-20(6,7)17(3,4)5;1-3-9-6-10(8(2)13)4-5-11(9)7-12/h9-11H,8,12H2,1-7H3;8-11H,1,12H2,2-7H3;4-6,12H,3,7H2,1-2H3. The molecule has 0 saturated carbocycles. The highest BCUT2D eigenvalue weighted by Gasteiger charge is 2.38. The first-order chi connectivity index (χ1) is 24.3. The summed E-state index contributed by atoms with van der Waals surface area (Å²) < 4.78 is 12.5. The molecule has 0 fully saturated rings. The molecule has 0 aliphatic rings. The van der Waals surface area contributed by atoms with Crippen LogP contribution in [-0.2, 0) is 41.5 Å². The monoisotopic (exact) mass is 760 g/mol. The molecular weight excluding hydrogens is 693 g/mol. The van der Waals surface area contributed by atoms with Crippen molar-refractivity contribution in [3.05, 3.63) is 111 Å². The number of carbonyl (C=O) groups excluding carboxylic acids is 3. The topological polar surface area (TPSA) is 89.9 Å². The van der Waals surface area contributed by atoms with Crippen molar-refractivity contribution in [2.45, 2.75) is 145 Å². The van der Waals surface area contributed by atoms with Gasteiger partial charge in [0.2, 0.25) is 0 Å². The van der Waals surface area contributed by atoms with Crippen LogP contribution in [0.25, 0.3) is 6.08 Å². The van der Waals surface area contributed by atoms with Gasteiger partial charge in [0, 0.05) is 16.7 Å². The van der Waals surface area contributed by atoms with Crippen LogP contribution in [0.5, 0.6) is 0 Å². The number of aryl methyl sites for hydroxylation is 2. The number of benzene rings is 3. The maximum atomic E-state index is 11.4. The quantitative estimate of drug-likeness (QED) is 0.138. The van der Waals surface area contributed by atoms with Crippen LogP contribution >= 0.6 is 0 Å². The number of ketones is 3. The lowest BCUT2D eigenvalue weighted by molar-refractivity contribution is 0.100. The van der Waals surface area contributed by atoms with E-state index in [1.807, 2.05) is 55.5 Å². The molecule has 3 aromatic carbocycles. The van der Waals surface area contributed by atoms with Gasteiger partial charge in [-0.15, -0.1) is 0 Å². The number of aliphatic hydroxyl groups excluding tert-OH is 1. The molecule has 0 amide bonds. The summed E-state index contributed by atoms with van der Waals surface area (Å²) in [4.78, 5) is 33.9. The van der Waals surface area contributed by atoms with Crippen molar-refractivity contribution in [3.8, 4) is 0 Å². The van der Waals surface area contributed by atoms with E-state index in [1.54, 1.807) is 32.9 Å². The van der Waals surface area contributed by atoms with E-state index in [1.165, 1.54) is 11.1 Å². The van der Waals surface area contributed by atoms with Crippen LogP contribution in [-0.4, -0.2) is 39.1 Å². The summed E-state index contributed by atoms with van der Waals surface area (Å²) in [7, 11) is -3.49. The fraction of sp³-hybridized carbons (Fsp3) is 0.489. The molecule has 0 spiro atoms. The van der Waals surface area contributed by atoms with Gasteiger partial charge >= 0.3 is 0 Å². The fourth-order valence-electron chi connectivity index (χ4n) is 4.73. The largest absolute Gasteiger partial charge is 0.413 e. The van der Waals surface area contributed by atoms with Gasteiger partial charge in [0.15, 0.2) is 34.0 Å². The highest BCUT2D eigenvalue weighted by Crippen LogP contribution is 2.38. The first kappa shape index (κ1) is 47.7. The molecule has 53 heavy (non-hydrogen) atoms. The van der Waals surface area contributed by atoms with Crippen LogP contribution < -0.4 is 0 Å². The third-order valence-electron chi connectivity index (χ3n) is 10.7. The zero-order valence-electron chi connectivity index (χ0n) is 35.5. The predicted octanol–water partition coefficient (Wildman–Crippen LogP) is 12.0. The first-order valence-corrected chi connectivity index (χ1v) is 24.6. The van der Waals surface area contributed by atoms with Gasteiger partial charge in [-0.3, -0.25) is 14.4 Å². The van der Waals surface area contributed by atoms with E-state index in [-0.39, 0.29) is 34.0 Å². The van der Waals surface area contributed by atoms with Gasteiger partial charge in [-0.2, -0.15) is 0 Å². The number of hydrogen-bond donors (Lipinski definition) is 1. The van der Waals surface area contributed by atoms with Crippen LogP contribution in [0.3, 0.4) is 0 Å². The Kier molecular flexibility index (Phi) is 18.4. The van der Waals surface area contributed by atoms with Gasteiger partial charge < -0.3 is 14.0 Å². The molecule has 8 heteroatoms. The third-order valence-corrected chi connectivity index (χ3v) is 19.7. The van der Waals surface area contributed by atoms with Gasteiger partial charge in [0.25, 0.3) is 0 Å². The van der Waals surface area contributed by atoms with E-state index >= 15 is 0 Å². The van der Waals surface area contributed by atoms with E-state index in [9.17, 15) is 14.4 Å². The predicted molar refractivity (Wildman–Crippen MR) is 228 cm³/mol. The maximum Gasteiger partial charge on any atom is 0.192 e. The SMILES string of the molecule is C=Cc1cc(C(C)=O)ccc1CO[Si](C)(C)C(C)(C)C.CCc1cc(C(C)=O)ccc1CO.CCc1cc(C(C)=O)ccc1CO[Si](C)(C)C(C)(C)C. The molecular formula is C45H68O6Si2. The summed E-state index contributed by atoms with van der Waals surface area (Å²) in [6, 6.07) is 17.1. The maximum absolute atomic E-state index is 11.4. The Morgan fingerprint density at radius 2 is 0.943 bits per heavy atom. The van der Waals surface area contributed by atoms with Crippen LogP contribution in [0.15, 0.2) is 61.2 Å². The molecule has 0 bridgehead atoms. The van der Waals surface area contributed by atoms with Gasteiger partial charge in [0.1, 0.15) is 0 Å². The molecule has 0 saturated heterocycles. The lowest BCUT2D eigenvalue weighted by atomic mass is 10.0. The lowest BCUT2D eigenvalue weighted by Gasteiger charge is -2.36. The summed E-state index contributed by atoms with van der Waals surface area (Å²) in [5.41, 5.74) is 8.69. The second-order valence-electron chi connectivity index (χ2n) is 16.7. The van der Waals surface area contributed by atoms with E-state index in [2.05, 4.69) is 81.2 Å². The molecule has 0 radical (unpaired) electrons. The molecule has 6 nitrogen and oxygen atoms in total. The summed E-state index contributed by atoms with van der Waals surface area (Å²) in [6.07, 6.45) is 3.56. The van der Waals surface area contributed by atoms with E-state index in [0.29, 0.717) is 18.8 Å². The second-order valence-corrected chi connectivity index (χ2v) is 26.3. The summed E-state index contributed by atoms with van der Waals surface area (Å²) in [6.45, 7) is 36.4. The Morgan fingerprint density at radius 3 is 1.28 bits per heavy atom. The summed E-state index contributed by atoms with van der Waals surface area (Å²) >= 11 is 0. The summed E-state index contributed by atoms with van der Waals surface area (Å²) in [5, 5.41) is 9.41. The smallest absolute Gasteiger partial charge is 0.192 e. The van der Waals surface area contributed by atoms with Crippen LogP contribution in [0, 0.1) is 0 Å². The molecule has 0 aliphatic heterocycles. The third kappa shape index (κ3) is 14.5. The Hall–Kier alpha value is -3.28. The van der Waals surface area contributed by atoms with Gasteiger partial charge in [0.05, 0.1) is 19.8 Å². The minimum atomic E-state index is -1.76. The molecule has 1 N–H and O–H groups in total. The molecule has 0 heterocycles. The van der Waals surface area contributed by atoms with E-state index in [4.69, 9.17) is 14.0 Å². The summed E-state index contributed by atoms with van der Waals surface area (Å²) in [5.74, 6) is 0.265. The number of Topliss-reactive ketones (excluding diaryl/α,β-unsaturated/α-hetero) is 3. The van der Waals surface area contributed by atoms with Crippen LogP contribution in [0.2, 0.25) is 36.3 Å². The average molecular weight is 761 g/mol. The number of rotatable bonds is 13.